The molecule has 4 aromatic heterocycles. The second-order valence-electron chi connectivity index (χ2n) is 10.8. The molecular formula is C33H24N6O6. The first-order valence-corrected chi connectivity index (χ1v) is 13.7. The number of hydrogen-bond acceptors (Lipinski definition) is 12. The van der Waals surface area contributed by atoms with Crippen LogP contribution in [0.25, 0.3) is 50.0 Å². The first kappa shape index (κ1) is 27.5. The summed E-state index contributed by atoms with van der Waals surface area (Å²) in [5.41, 5.74) is 3.56. The normalized spacial score (nSPS) is 16.1. The van der Waals surface area contributed by atoms with E-state index in [1.807, 2.05) is 38.1 Å². The predicted octanol–water partition coefficient (Wildman–Crippen LogP) is 6.10. The van der Waals surface area contributed by atoms with Crippen LogP contribution in [0.5, 0.6) is 11.8 Å². The van der Waals surface area contributed by atoms with E-state index in [4.69, 9.17) is 9.40 Å². The van der Waals surface area contributed by atoms with Gasteiger partial charge in [0, 0.05) is 5.39 Å². The van der Waals surface area contributed by atoms with Crippen molar-refractivity contribution >= 4 is 73.8 Å². The van der Waals surface area contributed by atoms with Gasteiger partial charge in [-0.3, -0.25) is 14.8 Å². The van der Waals surface area contributed by atoms with Crippen LogP contribution in [-0.4, -0.2) is 53.8 Å². The van der Waals surface area contributed by atoms with Crippen LogP contribution < -0.4 is 10.7 Å². The second kappa shape index (κ2) is 9.88. The molecule has 0 radical (unpaired) electrons. The predicted molar refractivity (Wildman–Crippen MR) is 174 cm³/mol. The molecule has 12 heteroatoms. The standard InChI is InChI=1S/C33H24N6O6/c1-13-5-7-17-9-19-27(38-25(17)23(13)34-11-15(3)40)21-29(42)22-28-20(37-33(44)31(22)45-30(21)32(43)36-19)10-18-8-6-14(2)24(26(18)39-28)35-12-16(4)41/h5-12,25,38,40-41H,3-4H2,1-2H3,(H,36,43)(H,37,44). The lowest BCUT2D eigenvalue weighted by Gasteiger charge is -2.30. The molecule has 5 aromatic rings. The van der Waals surface area contributed by atoms with Crippen molar-refractivity contribution in [1.29, 1.82) is 0 Å². The topological polar surface area (TPSA) is 187 Å². The highest BCUT2D eigenvalue weighted by molar-refractivity contribution is 6.12. The van der Waals surface area contributed by atoms with Crippen molar-refractivity contribution in [2.75, 3.05) is 5.32 Å². The number of anilines is 1. The SMILES string of the molecule is C=C(O)C=NC1=C(C)C=CC2=Cc3nc(O)c4oc5c(O)nc6cc7ccc(C)c(N=CC(=C)O)c7nc6c5c(=O)c4c3NC21. The molecule has 1 aliphatic heterocycles. The number of hydrogen-bond donors (Lipinski definition) is 5. The Morgan fingerprint density at radius 2 is 1.67 bits per heavy atom. The van der Waals surface area contributed by atoms with Gasteiger partial charge in [-0.15, -0.1) is 0 Å². The van der Waals surface area contributed by atoms with Crippen molar-refractivity contribution < 1.29 is 24.8 Å². The number of aromatic hydroxyl groups is 2. The van der Waals surface area contributed by atoms with E-state index in [9.17, 15) is 25.2 Å². The number of aliphatic imine (C=N–C) groups is 2. The van der Waals surface area contributed by atoms with Gasteiger partial charge in [-0.25, -0.2) is 15.0 Å². The largest absolute Gasteiger partial charge is 0.507 e. The number of aliphatic hydroxyl groups excluding tert-OH is 2. The van der Waals surface area contributed by atoms with Gasteiger partial charge in [0.15, 0.2) is 0 Å². The van der Waals surface area contributed by atoms with E-state index in [0.717, 1.165) is 16.7 Å². The molecule has 0 saturated heterocycles. The lowest BCUT2D eigenvalue weighted by atomic mass is 9.90. The van der Waals surface area contributed by atoms with Crippen LogP contribution in [0.4, 0.5) is 11.4 Å². The molecule has 5 N–H and O–H groups in total. The van der Waals surface area contributed by atoms with E-state index in [-0.39, 0.29) is 55.9 Å². The third-order valence-electron chi connectivity index (χ3n) is 7.68. The molecule has 45 heavy (non-hydrogen) atoms. The number of aryl methyl sites for hydroxylation is 1. The molecule has 222 valence electrons. The Labute approximate surface area is 253 Å². The van der Waals surface area contributed by atoms with Gasteiger partial charge in [-0.2, -0.15) is 0 Å². The molecule has 2 aliphatic rings. The first-order valence-electron chi connectivity index (χ1n) is 13.7. The molecule has 0 fully saturated rings. The van der Waals surface area contributed by atoms with Crippen LogP contribution in [0.3, 0.4) is 0 Å². The molecule has 7 rings (SSSR count). The van der Waals surface area contributed by atoms with E-state index in [1.54, 1.807) is 12.1 Å². The van der Waals surface area contributed by atoms with E-state index < -0.39 is 23.2 Å². The molecule has 1 unspecified atom stereocenters. The minimum absolute atomic E-state index is 0.0183. The van der Waals surface area contributed by atoms with Gasteiger partial charge in [-0.1, -0.05) is 37.4 Å². The van der Waals surface area contributed by atoms with E-state index in [0.29, 0.717) is 22.3 Å². The van der Waals surface area contributed by atoms with Crippen molar-refractivity contribution in [3.8, 4) is 11.8 Å². The first-order chi connectivity index (χ1) is 21.5. The number of nitrogens with one attached hydrogen (secondary N) is 1. The number of aromatic nitrogens is 3. The van der Waals surface area contributed by atoms with Crippen LogP contribution >= 0.6 is 0 Å². The van der Waals surface area contributed by atoms with E-state index >= 15 is 0 Å². The summed E-state index contributed by atoms with van der Waals surface area (Å²) < 4.78 is 5.97. The van der Waals surface area contributed by atoms with Gasteiger partial charge in [0.25, 0.3) is 11.8 Å². The fourth-order valence-corrected chi connectivity index (χ4v) is 5.64. The minimum Gasteiger partial charge on any atom is -0.507 e. The monoisotopic (exact) mass is 600 g/mol. The summed E-state index contributed by atoms with van der Waals surface area (Å²) in [6.07, 6.45) is 7.88. The average Bonchev–Trinajstić information content (AvgIpc) is 2.99. The third-order valence-corrected chi connectivity index (χ3v) is 7.68. The highest BCUT2D eigenvalue weighted by Gasteiger charge is 2.31. The van der Waals surface area contributed by atoms with Crippen molar-refractivity contribution in [3.63, 3.8) is 0 Å². The Kier molecular flexibility index (Phi) is 6.04. The lowest BCUT2D eigenvalue weighted by Crippen LogP contribution is -2.30. The molecule has 0 amide bonds. The minimum atomic E-state index is -0.596. The zero-order valence-corrected chi connectivity index (χ0v) is 24.0. The van der Waals surface area contributed by atoms with E-state index in [1.165, 1.54) is 12.4 Å². The molecular weight excluding hydrogens is 576 g/mol. The quantitative estimate of drug-likeness (QED) is 0.0699. The zero-order chi connectivity index (χ0) is 31.7. The smallest absolute Gasteiger partial charge is 0.256 e. The zero-order valence-electron chi connectivity index (χ0n) is 24.0. The molecule has 1 aliphatic carbocycles. The summed E-state index contributed by atoms with van der Waals surface area (Å²) in [5, 5.41) is 44.9. The van der Waals surface area contributed by atoms with Gasteiger partial charge in [-0.05, 0) is 42.7 Å². The summed E-state index contributed by atoms with van der Waals surface area (Å²) in [6, 6.07) is 4.77. The Bertz CT molecular complexity index is 2430. The molecule has 12 nitrogen and oxygen atoms in total. The number of nitrogens with zero attached hydrogens (tertiary/aromatic N) is 5. The maximum atomic E-state index is 14.5. The van der Waals surface area contributed by atoms with Crippen LogP contribution in [0.1, 0.15) is 18.2 Å². The number of benzene rings is 1. The van der Waals surface area contributed by atoms with Crippen molar-refractivity contribution in [1.82, 2.24) is 15.0 Å². The highest BCUT2D eigenvalue weighted by atomic mass is 16.4. The fraction of sp³-hybridized carbons (Fsp3) is 0.0909. The summed E-state index contributed by atoms with van der Waals surface area (Å²) in [4.78, 5) is 36.5. The van der Waals surface area contributed by atoms with Gasteiger partial charge in [0.1, 0.15) is 17.0 Å². The number of allylic oxidation sites excluding steroid dienone is 4. The van der Waals surface area contributed by atoms with Crippen LogP contribution in [0, 0.1) is 6.92 Å². The number of fused-ring (bicyclic) bond motifs is 8. The molecule has 0 saturated carbocycles. The number of aliphatic hydroxyl groups is 2. The van der Waals surface area contributed by atoms with Gasteiger partial charge < -0.3 is 30.2 Å². The van der Waals surface area contributed by atoms with Crippen molar-refractivity contribution in [2.24, 2.45) is 9.98 Å². The Hall–Kier alpha value is -6.30. The molecule has 0 bridgehead atoms. The highest BCUT2D eigenvalue weighted by Crippen LogP contribution is 2.42. The lowest BCUT2D eigenvalue weighted by molar-refractivity contribution is 0.435. The number of rotatable bonds is 4. The van der Waals surface area contributed by atoms with Crippen molar-refractivity contribution in [2.45, 2.75) is 19.9 Å². The third kappa shape index (κ3) is 4.30. The Morgan fingerprint density at radius 3 is 2.42 bits per heavy atom. The summed E-state index contributed by atoms with van der Waals surface area (Å²) in [7, 11) is 0. The summed E-state index contributed by atoms with van der Waals surface area (Å²) in [6.45, 7) is 10.6. The maximum absolute atomic E-state index is 14.5. The maximum Gasteiger partial charge on any atom is 0.256 e. The fourth-order valence-electron chi connectivity index (χ4n) is 5.64. The number of pyridine rings is 3. The summed E-state index contributed by atoms with van der Waals surface area (Å²) in [5.74, 6) is -1.58. The molecule has 1 atom stereocenters. The van der Waals surface area contributed by atoms with Crippen LogP contribution in [0.2, 0.25) is 0 Å². The Balaban J connectivity index is 1.55. The summed E-state index contributed by atoms with van der Waals surface area (Å²) >= 11 is 0. The Morgan fingerprint density at radius 1 is 0.956 bits per heavy atom. The van der Waals surface area contributed by atoms with Crippen LogP contribution in [0.15, 0.2) is 91.1 Å². The average molecular weight is 601 g/mol. The molecule has 0 spiro atoms. The molecule has 1 aromatic carbocycles. The van der Waals surface area contributed by atoms with Gasteiger partial charge in [0.05, 0.1) is 63.0 Å². The van der Waals surface area contributed by atoms with Crippen LogP contribution in [-0.2, 0) is 0 Å². The van der Waals surface area contributed by atoms with Crippen molar-refractivity contribution in [3.05, 3.63) is 93.4 Å². The van der Waals surface area contributed by atoms with Gasteiger partial charge in [0.2, 0.25) is 16.6 Å². The van der Waals surface area contributed by atoms with E-state index in [2.05, 4.69) is 38.4 Å². The van der Waals surface area contributed by atoms with Gasteiger partial charge >= 0.3 is 0 Å². The second-order valence-corrected chi connectivity index (χ2v) is 10.8. The molecule has 5 heterocycles.